The van der Waals surface area contributed by atoms with Gasteiger partial charge in [-0.05, 0) is 31.5 Å². The standard InChI is InChI=1S/C17H22N4O3/c1-5-11(2)19-16(22)13-8-9-18-17(20-13)21-14-10-12(23-3)6-7-15(14)24-4/h6-11H,5H2,1-4H3,(H,19,22)(H,18,20,21). The Morgan fingerprint density at radius 2 is 2.04 bits per heavy atom. The Bertz CT molecular complexity index is 706. The average Bonchev–Trinajstić information content (AvgIpc) is 2.61. The van der Waals surface area contributed by atoms with E-state index < -0.39 is 0 Å². The van der Waals surface area contributed by atoms with E-state index in [9.17, 15) is 4.79 Å². The van der Waals surface area contributed by atoms with Crippen molar-refractivity contribution in [3.63, 3.8) is 0 Å². The lowest BCUT2D eigenvalue weighted by molar-refractivity contribution is 0.0934. The summed E-state index contributed by atoms with van der Waals surface area (Å²) in [6.45, 7) is 3.95. The second kappa shape index (κ2) is 8.14. The zero-order valence-electron chi connectivity index (χ0n) is 14.3. The van der Waals surface area contributed by atoms with Gasteiger partial charge in [0.15, 0.2) is 0 Å². The SMILES string of the molecule is CCC(C)NC(=O)c1ccnc(Nc2cc(OC)ccc2OC)n1. The van der Waals surface area contributed by atoms with Crippen LogP contribution in [0.25, 0.3) is 0 Å². The minimum atomic E-state index is -0.229. The first kappa shape index (κ1) is 17.5. The maximum Gasteiger partial charge on any atom is 0.270 e. The van der Waals surface area contributed by atoms with Crippen LogP contribution < -0.4 is 20.1 Å². The number of anilines is 2. The Morgan fingerprint density at radius 3 is 2.71 bits per heavy atom. The van der Waals surface area contributed by atoms with Gasteiger partial charge in [0.25, 0.3) is 5.91 Å². The molecule has 0 aliphatic carbocycles. The lowest BCUT2D eigenvalue weighted by atomic mass is 10.2. The van der Waals surface area contributed by atoms with Crippen LogP contribution in [0.3, 0.4) is 0 Å². The predicted octanol–water partition coefficient (Wildman–Crippen LogP) is 2.77. The molecule has 128 valence electrons. The molecule has 0 aliphatic heterocycles. The number of aromatic nitrogens is 2. The number of hydrogen-bond donors (Lipinski definition) is 2. The maximum absolute atomic E-state index is 12.2. The van der Waals surface area contributed by atoms with Gasteiger partial charge in [-0.1, -0.05) is 6.92 Å². The van der Waals surface area contributed by atoms with Crippen LogP contribution >= 0.6 is 0 Å². The number of nitrogens with zero attached hydrogens (tertiary/aromatic N) is 2. The van der Waals surface area contributed by atoms with Gasteiger partial charge in [0.2, 0.25) is 5.95 Å². The molecule has 0 radical (unpaired) electrons. The van der Waals surface area contributed by atoms with Gasteiger partial charge in [-0.3, -0.25) is 4.79 Å². The van der Waals surface area contributed by atoms with Crippen molar-refractivity contribution in [1.29, 1.82) is 0 Å². The van der Waals surface area contributed by atoms with Crippen LogP contribution in [-0.2, 0) is 0 Å². The van der Waals surface area contributed by atoms with Gasteiger partial charge in [0, 0.05) is 18.3 Å². The second-order valence-corrected chi connectivity index (χ2v) is 5.24. The van der Waals surface area contributed by atoms with Gasteiger partial charge in [-0.15, -0.1) is 0 Å². The Morgan fingerprint density at radius 1 is 1.25 bits per heavy atom. The van der Waals surface area contributed by atoms with Crippen LogP contribution in [0.5, 0.6) is 11.5 Å². The van der Waals surface area contributed by atoms with E-state index in [1.807, 2.05) is 13.8 Å². The fourth-order valence-corrected chi connectivity index (χ4v) is 1.98. The Balaban J connectivity index is 2.22. The highest BCUT2D eigenvalue weighted by atomic mass is 16.5. The maximum atomic E-state index is 12.2. The van der Waals surface area contributed by atoms with Crippen molar-refractivity contribution in [1.82, 2.24) is 15.3 Å². The van der Waals surface area contributed by atoms with Crippen LogP contribution in [0.15, 0.2) is 30.5 Å². The Hall–Kier alpha value is -2.83. The van der Waals surface area contributed by atoms with Crippen LogP contribution in [-0.4, -0.2) is 36.1 Å². The summed E-state index contributed by atoms with van der Waals surface area (Å²) in [7, 11) is 3.16. The number of hydrogen-bond acceptors (Lipinski definition) is 6. The minimum absolute atomic E-state index is 0.0855. The zero-order chi connectivity index (χ0) is 17.5. The minimum Gasteiger partial charge on any atom is -0.497 e. The van der Waals surface area contributed by atoms with Gasteiger partial charge in [-0.2, -0.15) is 0 Å². The number of methoxy groups -OCH3 is 2. The lowest BCUT2D eigenvalue weighted by Crippen LogP contribution is -2.32. The summed E-state index contributed by atoms with van der Waals surface area (Å²) in [4.78, 5) is 20.6. The molecule has 0 fully saturated rings. The number of ether oxygens (including phenoxy) is 2. The third-order valence-corrected chi connectivity index (χ3v) is 3.53. The molecule has 1 aromatic carbocycles. The average molecular weight is 330 g/mol. The summed E-state index contributed by atoms with van der Waals surface area (Å²) in [5.74, 6) is 1.36. The molecular formula is C17H22N4O3. The Kier molecular flexibility index (Phi) is 5.95. The van der Waals surface area contributed by atoms with Crippen molar-refractivity contribution in [3.05, 3.63) is 36.2 Å². The molecule has 2 N–H and O–H groups in total. The predicted molar refractivity (Wildman–Crippen MR) is 92.1 cm³/mol. The first-order valence-corrected chi connectivity index (χ1v) is 7.70. The molecule has 1 aromatic heterocycles. The molecule has 7 nitrogen and oxygen atoms in total. The zero-order valence-corrected chi connectivity index (χ0v) is 14.3. The number of nitrogens with one attached hydrogen (secondary N) is 2. The molecule has 0 saturated heterocycles. The van der Waals surface area contributed by atoms with Crippen molar-refractivity contribution in [2.24, 2.45) is 0 Å². The van der Waals surface area contributed by atoms with Gasteiger partial charge in [0.1, 0.15) is 17.2 Å². The number of amides is 1. The van der Waals surface area contributed by atoms with E-state index in [-0.39, 0.29) is 11.9 Å². The summed E-state index contributed by atoms with van der Waals surface area (Å²) >= 11 is 0. The highest BCUT2D eigenvalue weighted by molar-refractivity contribution is 5.92. The van der Waals surface area contributed by atoms with Gasteiger partial charge in [0.05, 0.1) is 19.9 Å². The van der Waals surface area contributed by atoms with Crippen molar-refractivity contribution in [3.8, 4) is 11.5 Å². The monoisotopic (exact) mass is 330 g/mol. The van der Waals surface area contributed by atoms with Crippen LogP contribution in [0.1, 0.15) is 30.8 Å². The largest absolute Gasteiger partial charge is 0.497 e. The van der Waals surface area contributed by atoms with Gasteiger partial charge < -0.3 is 20.1 Å². The molecule has 2 aromatic rings. The molecule has 1 atom stereocenters. The van der Waals surface area contributed by atoms with Crippen LogP contribution in [0.2, 0.25) is 0 Å². The van der Waals surface area contributed by atoms with Gasteiger partial charge in [-0.25, -0.2) is 9.97 Å². The van der Waals surface area contributed by atoms with E-state index in [1.54, 1.807) is 38.5 Å². The first-order valence-electron chi connectivity index (χ1n) is 7.70. The molecule has 0 aliphatic rings. The van der Waals surface area contributed by atoms with Crippen molar-refractivity contribution < 1.29 is 14.3 Å². The van der Waals surface area contributed by atoms with E-state index in [1.165, 1.54) is 6.20 Å². The van der Waals surface area contributed by atoms with Crippen LogP contribution in [0.4, 0.5) is 11.6 Å². The molecule has 7 heteroatoms. The quantitative estimate of drug-likeness (QED) is 0.812. The first-order chi connectivity index (χ1) is 11.6. The third-order valence-electron chi connectivity index (χ3n) is 3.53. The topological polar surface area (TPSA) is 85.4 Å². The molecule has 0 saturated carbocycles. The van der Waals surface area contributed by atoms with Crippen LogP contribution in [0, 0.1) is 0 Å². The molecule has 1 amide bonds. The fourth-order valence-electron chi connectivity index (χ4n) is 1.98. The van der Waals surface area contributed by atoms with Crippen molar-refractivity contribution >= 4 is 17.5 Å². The van der Waals surface area contributed by atoms with E-state index >= 15 is 0 Å². The lowest BCUT2D eigenvalue weighted by Gasteiger charge is -2.13. The highest BCUT2D eigenvalue weighted by Crippen LogP contribution is 2.30. The number of rotatable bonds is 7. The summed E-state index contributed by atoms with van der Waals surface area (Å²) in [5.41, 5.74) is 0.950. The highest BCUT2D eigenvalue weighted by Gasteiger charge is 2.12. The van der Waals surface area contributed by atoms with E-state index in [0.29, 0.717) is 28.8 Å². The van der Waals surface area contributed by atoms with E-state index in [4.69, 9.17) is 9.47 Å². The number of benzene rings is 1. The molecule has 1 unspecified atom stereocenters. The summed E-state index contributed by atoms with van der Waals surface area (Å²) in [6.07, 6.45) is 2.39. The smallest absolute Gasteiger partial charge is 0.270 e. The summed E-state index contributed by atoms with van der Waals surface area (Å²) in [5, 5.41) is 5.93. The van der Waals surface area contributed by atoms with E-state index in [2.05, 4.69) is 20.6 Å². The molecular weight excluding hydrogens is 308 g/mol. The Labute approximate surface area is 141 Å². The number of carbonyl (C=O) groups is 1. The third kappa shape index (κ3) is 4.34. The van der Waals surface area contributed by atoms with Gasteiger partial charge >= 0.3 is 0 Å². The fraction of sp³-hybridized carbons (Fsp3) is 0.353. The van der Waals surface area contributed by atoms with Crippen molar-refractivity contribution in [2.45, 2.75) is 26.3 Å². The normalized spacial score (nSPS) is 11.5. The van der Waals surface area contributed by atoms with Crippen molar-refractivity contribution in [2.75, 3.05) is 19.5 Å². The molecule has 24 heavy (non-hydrogen) atoms. The summed E-state index contributed by atoms with van der Waals surface area (Å²) in [6, 6.07) is 7.00. The molecule has 1 heterocycles. The molecule has 0 spiro atoms. The molecule has 0 bridgehead atoms. The second-order valence-electron chi connectivity index (χ2n) is 5.24. The van der Waals surface area contributed by atoms with E-state index in [0.717, 1.165) is 6.42 Å². The molecule has 2 rings (SSSR count). The summed E-state index contributed by atoms with van der Waals surface area (Å²) < 4.78 is 10.5. The number of carbonyl (C=O) groups excluding carboxylic acids is 1.